The number of carboxylic acids is 1. The average Bonchev–Trinajstić information content (AvgIpc) is 2.86. The maximum Gasteiger partial charge on any atom is 0.306 e. The molecule has 0 aliphatic rings. The van der Waals surface area contributed by atoms with E-state index in [1.807, 2.05) is 0 Å². The van der Waals surface area contributed by atoms with Crippen molar-refractivity contribution in [1.82, 2.24) is 0 Å². The molecule has 0 aromatic carbocycles. The lowest BCUT2D eigenvalue weighted by Gasteiger charge is -2.13. The molecule has 0 fully saturated rings. The molecule has 0 aliphatic carbocycles. The van der Waals surface area contributed by atoms with Crippen molar-refractivity contribution in [2.24, 2.45) is 11.8 Å². The van der Waals surface area contributed by atoms with Crippen LogP contribution in [0, 0.1) is 11.8 Å². The van der Waals surface area contributed by atoms with Gasteiger partial charge in [0.25, 0.3) is 0 Å². The van der Waals surface area contributed by atoms with Crippen LogP contribution in [-0.2, 0) is 4.79 Å². The van der Waals surface area contributed by atoms with Gasteiger partial charge in [-0.2, -0.15) is 0 Å². The molecule has 2 N–H and O–H groups in total. The number of rotatable bonds is 26. The van der Waals surface area contributed by atoms with Crippen LogP contribution in [0.25, 0.3) is 0 Å². The molecule has 0 saturated carbocycles. The first-order chi connectivity index (χ1) is 17.1. The van der Waals surface area contributed by atoms with Crippen LogP contribution in [-0.4, -0.2) is 22.8 Å². The zero-order valence-electron chi connectivity index (χ0n) is 24.6. The molecule has 3 nitrogen and oxygen atoms in total. The molecule has 0 aliphatic heterocycles. The molecule has 0 amide bonds. The maximum absolute atomic E-state index is 11.1. The minimum Gasteiger partial charge on any atom is -0.481 e. The Labute approximate surface area is 221 Å². The van der Waals surface area contributed by atoms with Crippen molar-refractivity contribution in [3.05, 3.63) is 0 Å². The summed E-state index contributed by atoms with van der Waals surface area (Å²) in [6.07, 6.45) is 30.0. The minimum absolute atomic E-state index is 0.0898. The van der Waals surface area contributed by atoms with E-state index in [9.17, 15) is 15.0 Å². The first kappa shape index (κ1) is 36.6. The molecule has 0 aromatic heterocycles. The van der Waals surface area contributed by atoms with E-state index < -0.39 is 5.97 Å². The third-order valence-electron chi connectivity index (χ3n) is 7.35. The number of aliphatic hydroxyl groups excluding tert-OH is 1. The molecule has 0 saturated heterocycles. The normalized spacial score (nSPS) is 12.7. The highest BCUT2D eigenvalue weighted by atomic mass is 16.4. The Bertz CT molecular complexity index is 396. The summed E-state index contributed by atoms with van der Waals surface area (Å²) in [7, 11) is 0. The second-order valence-electron chi connectivity index (χ2n) is 10.9. The molecule has 0 bridgehead atoms. The first-order valence-electron chi connectivity index (χ1n) is 15.9. The molecule has 212 valence electrons. The van der Waals surface area contributed by atoms with Gasteiger partial charge in [0, 0.05) is 6.61 Å². The van der Waals surface area contributed by atoms with Gasteiger partial charge in [0.1, 0.15) is 0 Å². The summed E-state index contributed by atoms with van der Waals surface area (Å²) in [5.41, 5.74) is 0. The summed E-state index contributed by atoms with van der Waals surface area (Å²) in [4.78, 5) is 11.1. The monoisotopic (exact) mass is 499 g/mol. The molecule has 2 atom stereocenters. The topological polar surface area (TPSA) is 57.5 Å². The fourth-order valence-electron chi connectivity index (χ4n) is 4.78. The van der Waals surface area contributed by atoms with E-state index in [0.717, 1.165) is 25.7 Å². The number of aliphatic carboxylic acids is 1. The Kier molecular flexibility index (Phi) is 32.9. The lowest BCUT2D eigenvalue weighted by atomic mass is 9.94. The summed E-state index contributed by atoms with van der Waals surface area (Å²) in [6, 6.07) is 0. The van der Waals surface area contributed by atoms with Crippen LogP contribution in [0.2, 0.25) is 0 Å². The summed E-state index contributed by atoms with van der Waals surface area (Å²) >= 11 is 0. The smallest absolute Gasteiger partial charge is 0.306 e. The Morgan fingerprint density at radius 2 is 0.771 bits per heavy atom. The molecule has 2 unspecified atom stereocenters. The maximum atomic E-state index is 11.1. The number of carboxylic acid groups (broad SMARTS) is 1. The Balaban J connectivity index is 0. The molecule has 3 heteroatoms. The summed E-state index contributed by atoms with van der Waals surface area (Å²) in [5.74, 6) is -0.0916. The number of carbonyl (C=O) groups is 1. The van der Waals surface area contributed by atoms with E-state index in [1.165, 1.54) is 128 Å². The zero-order valence-corrected chi connectivity index (χ0v) is 24.6. The molecule has 0 rings (SSSR count). The minimum atomic E-state index is -0.583. The van der Waals surface area contributed by atoms with Gasteiger partial charge in [-0.05, 0) is 31.6 Å². The summed E-state index contributed by atoms with van der Waals surface area (Å²) < 4.78 is 0. The number of hydrogen-bond acceptors (Lipinski definition) is 2. The van der Waals surface area contributed by atoms with Gasteiger partial charge >= 0.3 is 5.97 Å². The fourth-order valence-corrected chi connectivity index (χ4v) is 4.78. The van der Waals surface area contributed by atoms with E-state index in [1.54, 1.807) is 0 Å². The van der Waals surface area contributed by atoms with E-state index in [4.69, 9.17) is 0 Å². The van der Waals surface area contributed by atoms with E-state index in [0.29, 0.717) is 12.5 Å². The Morgan fingerprint density at radius 1 is 0.486 bits per heavy atom. The van der Waals surface area contributed by atoms with Gasteiger partial charge in [0.05, 0.1) is 5.92 Å². The molecule has 0 radical (unpaired) electrons. The third kappa shape index (κ3) is 29.5. The standard InChI is InChI=1S/C16H32O2.C16H34O/c1-3-5-7-9-10-12-14-15(16(17)18)13-11-8-6-4-2;1-3-5-7-9-10-12-14-16(15-17)13-11-8-6-4-2/h15H,3-14H2,1-2H3,(H,17,18);16-17H,3-15H2,1-2H3. The largest absolute Gasteiger partial charge is 0.481 e. The van der Waals surface area contributed by atoms with Crippen molar-refractivity contribution in [2.75, 3.05) is 6.61 Å². The van der Waals surface area contributed by atoms with Crippen molar-refractivity contribution in [3.8, 4) is 0 Å². The highest BCUT2D eigenvalue weighted by Crippen LogP contribution is 2.19. The molecule has 35 heavy (non-hydrogen) atoms. The summed E-state index contributed by atoms with van der Waals surface area (Å²) in [6.45, 7) is 9.32. The van der Waals surface area contributed by atoms with Gasteiger partial charge in [-0.15, -0.1) is 0 Å². The van der Waals surface area contributed by atoms with Crippen molar-refractivity contribution >= 4 is 5.97 Å². The van der Waals surface area contributed by atoms with Crippen LogP contribution in [0.5, 0.6) is 0 Å². The van der Waals surface area contributed by atoms with Crippen molar-refractivity contribution in [2.45, 2.75) is 182 Å². The average molecular weight is 499 g/mol. The fraction of sp³-hybridized carbons (Fsp3) is 0.969. The van der Waals surface area contributed by atoms with E-state index in [-0.39, 0.29) is 5.92 Å². The molecule has 0 aromatic rings. The predicted molar refractivity (Wildman–Crippen MR) is 155 cm³/mol. The first-order valence-corrected chi connectivity index (χ1v) is 15.9. The molecule has 0 spiro atoms. The number of aliphatic hydroxyl groups is 1. The molecule has 0 heterocycles. The van der Waals surface area contributed by atoms with Gasteiger partial charge in [0.2, 0.25) is 0 Å². The van der Waals surface area contributed by atoms with Crippen LogP contribution in [0.3, 0.4) is 0 Å². The van der Waals surface area contributed by atoms with Crippen molar-refractivity contribution in [3.63, 3.8) is 0 Å². The Hall–Kier alpha value is -0.570. The van der Waals surface area contributed by atoms with Crippen LogP contribution in [0.15, 0.2) is 0 Å². The van der Waals surface area contributed by atoms with Crippen LogP contribution in [0.1, 0.15) is 182 Å². The van der Waals surface area contributed by atoms with Gasteiger partial charge in [0.15, 0.2) is 0 Å². The van der Waals surface area contributed by atoms with E-state index >= 15 is 0 Å². The second kappa shape index (κ2) is 31.5. The highest BCUT2D eigenvalue weighted by Gasteiger charge is 2.16. The predicted octanol–water partition coefficient (Wildman–Crippen LogP) is 10.7. The van der Waals surface area contributed by atoms with Crippen LogP contribution < -0.4 is 0 Å². The van der Waals surface area contributed by atoms with Crippen molar-refractivity contribution in [1.29, 1.82) is 0 Å². The van der Waals surface area contributed by atoms with Gasteiger partial charge in [-0.1, -0.05) is 156 Å². The highest BCUT2D eigenvalue weighted by molar-refractivity contribution is 5.69. The van der Waals surface area contributed by atoms with Gasteiger partial charge < -0.3 is 10.2 Å². The van der Waals surface area contributed by atoms with Crippen molar-refractivity contribution < 1.29 is 15.0 Å². The lowest BCUT2D eigenvalue weighted by molar-refractivity contribution is -0.142. The quantitative estimate of drug-likeness (QED) is 0.117. The van der Waals surface area contributed by atoms with E-state index in [2.05, 4.69) is 27.7 Å². The lowest BCUT2D eigenvalue weighted by Crippen LogP contribution is -2.13. The SMILES string of the molecule is CCCCCCCCC(CCCCCC)C(=O)O.CCCCCCCCC(CO)CCCCCC. The number of unbranched alkanes of at least 4 members (excludes halogenated alkanes) is 16. The third-order valence-corrected chi connectivity index (χ3v) is 7.35. The van der Waals surface area contributed by atoms with Gasteiger partial charge in [-0.25, -0.2) is 0 Å². The molecular weight excluding hydrogens is 432 g/mol. The van der Waals surface area contributed by atoms with Crippen LogP contribution >= 0.6 is 0 Å². The molecular formula is C32H66O3. The van der Waals surface area contributed by atoms with Gasteiger partial charge in [-0.3, -0.25) is 4.79 Å². The summed E-state index contributed by atoms with van der Waals surface area (Å²) in [5, 5.41) is 18.5. The Morgan fingerprint density at radius 3 is 1.09 bits per heavy atom. The van der Waals surface area contributed by atoms with Crippen LogP contribution in [0.4, 0.5) is 0 Å². The second-order valence-corrected chi connectivity index (χ2v) is 10.9. The number of hydrogen-bond donors (Lipinski definition) is 2. The zero-order chi connectivity index (χ0) is 26.4.